The zero-order chi connectivity index (χ0) is 26.7. The van der Waals surface area contributed by atoms with Gasteiger partial charge in [-0.15, -0.1) is 0 Å². The molecular formula is C25H19Cl2IN2O7. The molecule has 0 saturated carbocycles. The molecule has 2 heterocycles. The molecule has 3 amide bonds. The first-order valence-electron chi connectivity index (χ1n) is 10.7. The Balaban J connectivity index is 1.50. The van der Waals surface area contributed by atoms with Gasteiger partial charge in [-0.2, -0.15) is 0 Å². The number of rotatable bonds is 8. The van der Waals surface area contributed by atoms with E-state index < -0.39 is 17.9 Å². The number of esters is 1. The van der Waals surface area contributed by atoms with E-state index in [1.165, 1.54) is 32.4 Å². The van der Waals surface area contributed by atoms with Gasteiger partial charge in [-0.05, 0) is 76.2 Å². The molecule has 2 aromatic carbocycles. The van der Waals surface area contributed by atoms with E-state index in [1.54, 1.807) is 24.3 Å². The van der Waals surface area contributed by atoms with E-state index in [4.69, 9.17) is 37.1 Å². The van der Waals surface area contributed by atoms with Gasteiger partial charge >= 0.3 is 12.0 Å². The maximum Gasteiger partial charge on any atom is 0.373 e. The van der Waals surface area contributed by atoms with Crippen LogP contribution in [0.5, 0.6) is 11.5 Å². The maximum atomic E-state index is 12.9. The molecule has 1 aromatic heterocycles. The summed E-state index contributed by atoms with van der Waals surface area (Å²) in [6.45, 7) is 0.0824. The standard InChI is InChI=1S/C25H19Cl2IN2O7/c1-34-21-10-14(8-18(28)22(21)36-12-13-3-5-16(26)17(27)7-13)9-19-23(31)30(25(33)29-19)11-15-4-6-20(37-15)24(32)35-2/h3-10H,11-12H2,1-2H3,(H,29,33)/b19-9-. The Kier molecular flexibility index (Phi) is 8.30. The number of hydrogen-bond donors (Lipinski definition) is 1. The number of hydrogen-bond acceptors (Lipinski definition) is 7. The molecule has 192 valence electrons. The molecule has 1 saturated heterocycles. The number of methoxy groups -OCH3 is 2. The second-order valence-electron chi connectivity index (χ2n) is 7.71. The van der Waals surface area contributed by atoms with Crippen LogP contribution < -0.4 is 14.8 Å². The number of carbonyl (C=O) groups is 3. The molecule has 0 unspecified atom stereocenters. The highest BCUT2D eigenvalue weighted by Crippen LogP contribution is 2.36. The van der Waals surface area contributed by atoms with E-state index in [0.717, 1.165) is 14.0 Å². The number of nitrogens with one attached hydrogen (secondary N) is 1. The molecule has 1 aliphatic rings. The van der Waals surface area contributed by atoms with Crippen LogP contribution in [0.1, 0.15) is 27.4 Å². The zero-order valence-electron chi connectivity index (χ0n) is 19.5. The van der Waals surface area contributed by atoms with Crippen molar-refractivity contribution in [2.75, 3.05) is 14.2 Å². The van der Waals surface area contributed by atoms with E-state index in [1.807, 2.05) is 6.07 Å². The molecule has 0 atom stereocenters. The summed E-state index contributed by atoms with van der Waals surface area (Å²) in [6.07, 6.45) is 1.54. The molecule has 1 N–H and O–H groups in total. The van der Waals surface area contributed by atoms with Gasteiger partial charge in [-0.25, -0.2) is 9.59 Å². The molecule has 4 rings (SSSR count). The van der Waals surface area contributed by atoms with E-state index in [9.17, 15) is 14.4 Å². The molecule has 0 spiro atoms. The number of benzene rings is 2. The minimum Gasteiger partial charge on any atom is -0.493 e. The Morgan fingerprint density at radius 3 is 2.59 bits per heavy atom. The lowest BCUT2D eigenvalue weighted by Gasteiger charge is -2.14. The zero-order valence-corrected chi connectivity index (χ0v) is 23.1. The van der Waals surface area contributed by atoms with Gasteiger partial charge in [0.15, 0.2) is 11.5 Å². The predicted molar refractivity (Wildman–Crippen MR) is 144 cm³/mol. The maximum absolute atomic E-state index is 12.9. The minimum atomic E-state index is -0.656. The fourth-order valence-corrected chi connectivity index (χ4v) is 4.56. The third kappa shape index (κ3) is 6.03. The summed E-state index contributed by atoms with van der Waals surface area (Å²) in [4.78, 5) is 37.9. The lowest BCUT2D eigenvalue weighted by atomic mass is 10.1. The first-order chi connectivity index (χ1) is 17.7. The van der Waals surface area contributed by atoms with Gasteiger partial charge in [0.1, 0.15) is 18.1 Å². The van der Waals surface area contributed by atoms with Crippen LogP contribution in [0.2, 0.25) is 10.0 Å². The number of amides is 3. The molecule has 37 heavy (non-hydrogen) atoms. The van der Waals surface area contributed by atoms with Gasteiger partial charge in [0.25, 0.3) is 5.91 Å². The summed E-state index contributed by atoms with van der Waals surface area (Å²) in [6, 6.07) is 11.0. The third-order valence-corrected chi connectivity index (χ3v) is 6.79. The van der Waals surface area contributed by atoms with Crippen LogP contribution in [0.25, 0.3) is 6.08 Å². The summed E-state index contributed by atoms with van der Waals surface area (Å²) in [5.74, 6) is -0.0162. The van der Waals surface area contributed by atoms with Crippen LogP contribution in [0, 0.1) is 3.57 Å². The highest BCUT2D eigenvalue weighted by Gasteiger charge is 2.34. The Hall–Kier alpha value is -3.22. The van der Waals surface area contributed by atoms with Crippen LogP contribution in [0.3, 0.4) is 0 Å². The molecule has 12 heteroatoms. The predicted octanol–water partition coefficient (Wildman–Crippen LogP) is 5.66. The first kappa shape index (κ1) is 26.8. The molecule has 1 fully saturated rings. The molecular weight excluding hydrogens is 638 g/mol. The largest absolute Gasteiger partial charge is 0.493 e. The molecule has 3 aromatic rings. The van der Waals surface area contributed by atoms with Crippen molar-refractivity contribution in [2.45, 2.75) is 13.2 Å². The number of ether oxygens (including phenoxy) is 3. The number of furan rings is 1. The van der Waals surface area contributed by atoms with Crippen molar-refractivity contribution >= 4 is 69.8 Å². The van der Waals surface area contributed by atoms with E-state index >= 15 is 0 Å². The monoisotopic (exact) mass is 656 g/mol. The van der Waals surface area contributed by atoms with Crippen molar-refractivity contribution < 1.29 is 33.0 Å². The molecule has 9 nitrogen and oxygen atoms in total. The van der Waals surface area contributed by atoms with Crippen LogP contribution in [0.15, 0.2) is 52.6 Å². The Morgan fingerprint density at radius 2 is 1.89 bits per heavy atom. The summed E-state index contributed by atoms with van der Waals surface area (Å²) >= 11 is 14.2. The smallest absolute Gasteiger partial charge is 0.373 e. The third-order valence-electron chi connectivity index (χ3n) is 5.25. The van der Waals surface area contributed by atoms with Crippen molar-refractivity contribution in [3.63, 3.8) is 0 Å². The van der Waals surface area contributed by atoms with Crippen molar-refractivity contribution in [3.05, 3.63) is 84.4 Å². The minimum absolute atomic E-state index is 0.0246. The lowest BCUT2D eigenvalue weighted by Crippen LogP contribution is -2.30. The number of halogens is 3. The second kappa shape index (κ2) is 11.4. The van der Waals surface area contributed by atoms with E-state index in [0.29, 0.717) is 27.1 Å². The Labute approximate surface area is 235 Å². The number of nitrogens with zero attached hydrogens (tertiary/aromatic N) is 1. The first-order valence-corrected chi connectivity index (χ1v) is 12.5. The second-order valence-corrected chi connectivity index (χ2v) is 9.68. The summed E-state index contributed by atoms with van der Waals surface area (Å²) in [5.41, 5.74) is 1.51. The summed E-state index contributed by atoms with van der Waals surface area (Å²) in [7, 11) is 2.73. The van der Waals surface area contributed by atoms with Crippen LogP contribution >= 0.6 is 45.8 Å². The summed E-state index contributed by atoms with van der Waals surface area (Å²) in [5, 5.41) is 3.44. The number of imide groups is 1. The molecule has 1 aliphatic heterocycles. The SMILES string of the molecule is COC(=O)c1ccc(CN2C(=O)N/C(=C\c3cc(I)c(OCc4ccc(Cl)c(Cl)c4)c(OC)c3)C2=O)o1. The van der Waals surface area contributed by atoms with Crippen molar-refractivity contribution in [1.82, 2.24) is 10.2 Å². The van der Waals surface area contributed by atoms with Gasteiger partial charge in [-0.3, -0.25) is 9.69 Å². The van der Waals surface area contributed by atoms with Crippen LogP contribution in [-0.4, -0.2) is 37.0 Å². The molecule has 0 radical (unpaired) electrons. The average molecular weight is 657 g/mol. The topological polar surface area (TPSA) is 107 Å². The van der Waals surface area contributed by atoms with Gasteiger partial charge in [0.05, 0.1) is 34.4 Å². The van der Waals surface area contributed by atoms with Gasteiger partial charge in [0.2, 0.25) is 5.76 Å². The van der Waals surface area contributed by atoms with Crippen LogP contribution in [0.4, 0.5) is 4.79 Å². The number of urea groups is 1. The quantitative estimate of drug-likeness (QED) is 0.144. The normalized spacial score (nSPS) is 14.2. The number of carbonyl (C=O) groups excluding carboxylic acids is 3. The Morgan fingerprint density at radius 1 is 1.11 bits per heavy atom. The highest BCUT2D eigenvalue weighted by atomic mass is 127. The highest BCUT2D eigenvalue weighted by molar-refractivity contribution is 14.1. The fraction of sp³-hybridized carbons (Fsp3) is 0.160. The average Bonchev–Trinajstić information content (AvgIpc) is 3.45. The molecule has 0 aliphatic carbocycles. The van der Waals surface area contributed by atoms with Crippen molar-refractivity contribution in [3.8, 4) is 11.5 Å². The van der Waals surface area contributed by atoms with E-state index in [-0.39, 0.29) is 30.4 Å². The Bertz CT molecular complexity index is 1420. The van der Waals surface area contributed by atoms with Crippen molar-refractivity contribution in [1.29, 1.82) is 0 Å². The van der Waals surface area contributed by atoms with Gasteiger partial charge < -0.3 is 23.9 Å². The summed E-state index contributed by atoms with van der Waals surface area (Å²) < 4.78 is 22.2. The van der Waals surface area contributed by atoms with Gasteiger partial charge in [0, 0.05) is 0 Å². The van der Waals surface area contributed by atoms with Crippen LogP contribution in [-0.2, 0) is 22.7 Å². The van der Waals surface area contributed by atoms with Crippen molar-refractivity contribution in [2.24, 2.45) is 0 Å². The lowest BCUT2D eigenvalue weighted by molar-refractivity contribution is -0.123. The van der Waals surface area contributed by atoms with Gasteiger partial charge in [-0.1, -0.05) is 29.3 Å². The van der Waals surface area contributed by atoms with E-state index in [2.05, 4.69) is 32.6 Å². The molecule has 0 bridgehead atoms. The fourth-order valence-electron chi connectivity index (χ4n) is 3.46.